The van der Waals surface area contributed by atoms with E-state index in [0.29, 0.717) is 18.5 Å². The van der Waals surface area contributed by atoms with Gasteiger partial charge >= 0.3 is 5.97 Å². The molecule has 144 valence electrons. The summed E-state index contributed by atoms with van der Waals surface area (Å²) in [6.45, 7) is 0.0481. The lowest BCUT2D eigenvalue weighted by atomic mass is 10.1. The Morgan fingerprint density at radius 1 is 1.00 bits per heavy atom. The molecule has 0 fully saturated rings. The standard InChI is InChI=1S/C20H22FNO5/c1-25-16-6-3-14(4-7-16)9-10-22-19(23)13-27-20(24)12-15-5-8-18(26-2)17(21)11-15/h3-8,11H,9-10,12-13H2,1-2H3,(H,22,23). The molecule has 1 amide bonds. The zero-order chi connectivity index (χ0) is 19.6. The minimum absolute atomic E-state index is 0.100. The molecule has 6 nitrogen and oxygen atoms in total. The van der Waals surface area contributed by atoms with Gasteiger partial charge in [0.15, 0.2) is 18.2 Å². The van der Waals surface area contributed by atoms with Gasteiger partial charge in [-0.2, -0.15) is 0 Å². The van der Waals surface area contributed by atoms with E-state index in [-0.39, 0.29) is 18.8 Å². The molecule has 0 atom stereocenters. The van der Waals surface area contributed by atoms with E-state index < -0.39 is 17.7 Å². The highest BCUT2D eigenvalue weighted by Crippen LogP contribution is 2.18. The zero-order valence-electron chi connectivity index (χ0n) is 15.3. The molecule has 0 saturated heterocycles. The highest BCUT2D eigenvalue weighted by molar-refractivity contribution is 5.81. The highest BCUT2D eigenvalue weighted by Gasteiger charge is 2.11. The maximum atomic E-state index is 13.6. The molecule has 0 spiro atoms. The van der Waals surface area contributed by atoms with Crippen molar-refractivity contribution in [2.75, 3.05) is 27.4 Å². The largest absolute Gasteiger partial charge is 0.497 e. The summed E-state index contributed by atoms with van der Waals surface area (Å²) < 4.78 is 28.4. The number of hydrogen-bond donors (Lipinski definition) is 1. The molecule has 0 aliphatic rings. The first-order chi connectivity index (χ1) is 13.0. The van der Waals surface area contributed by atoms with Crippen LogP contribution in [0.3, 0.4) is 0 Å². The third-order valence-electron chi connectivity index (χ3n) is 3.82. The minimum atomic E-state index is -0.607. The van der Waals surface area contributed by atoms with Crippen LogP contribution in [0.5, 0.6) is 11.5 Å². The van der Waals surface area contributed by atoms with E-state index >= 15 is 0 Å². The molecule has 0 heterocycles. The van der Waals surface area contributed by atoms with Gasteiger partial charge in [0.2, 0.25) is 0 Å². The lowest BCUT2D eigenvalue weighted by molar-refractivity contribution is -0.147. The SMILES string of the molecule is COc1ccc(CCNC(=O)COC(=O)Cc2ccc(OC)c(F)c2)cc1. The van der Waals surface area contributed by atoms with Gasteiger partial charge in [-0.15, -0.1) is 0 Å². The summed E-state index contributed by atoms with van der Waals surface area (Å²) in [7, 11) is 2.96. The molecule has 7 heteroatoms. The number of esters is 1. The third-order valence-corrected chi connectivity index (χ3v) is 3.82. The van der Waals surface area contributed by atoms with Crippen molar-refractivity contribution >= 4 is 11.9 Å². The van der Waals surface area contributed by atoms with Crippen LogP contribution in [-0.4, -0.2) is 39.2 Å². The van der Waals surface area contributed by atoms with E-state index in [2.05, 4.69) is 5.32 Å². The molecule has 0 radical (unpaired) electrons. The van der Waals surface area contributed by atoms with Gasteiger partial charge in [0, 0.05) is 6.54 Å². The second-order valence-corrected chi connectivity index (χ2v) is 5.75. The summed E-state index contributed by atoms with van der Waals surface area (Å²) in [5.74, 6) is -0.684. The quantitative estimate of drug-likeness (QED) is 0.681. The Balaban J connectivity index is 1.68. The number of methoxy groups -OCH3 is 2. The van der Waals surface area contributed by atoms with Crippen LogP contribution >= 0.6 is 0 Å². The highest BCUT2D eigenvalue weighted by atomic mass is 19.1. The number of hydrogen-bond acceptors (Lipinski definition) is 5. The van der Waals surface area contributed by atoms with Crippen molar-refractivity contribution in [1.82, 2.24) is 5.32 Å². The molecular weight excluding hydrogens is 353 g/mol. The van der Waals surface area contributed by atoms with Crippen LogP contribution in [0.1, 0.15) is 11.1 Å². The first-order valence-electron chi connectivity index (χ1n) is 8.39. The van der Waals surface area contributed by atoms with Gasteiger partial charge in [-0.3, -0.25) is 9.59 Å². The lowest BCUT2D eigenvalue weighted by Crippen LogP contribution is -2.30. The molecule has 0 unspecified atom stereocenters. The maximum Gasteiger partial charge on any atom is 0.310 e. The maximum absolute atomic E-state index is 13.6. The van der Waals surface area contributed by atoms with Crippen molar-refractivity contribution < 1.29 is 28.2 Å². The second-order valence-electron chi connectivity index (χ2n) is 5.75. The Labute approximate surface area is 157 Å². The van der Waals surface area contributed by atoms with Crippen LogP contribution in [-0.2, 0) is 27.2 Å². The van der Waals surface area contributed by atoms with Crippen molar-refractivity contribution in [2.45, 2.75) is 12.8 Å². The fourth-order valence-electron chi connectivity index (χ4n) is 2.37. The second kappa shape index (κ2) is 10.2. The van der Waals surface area contributed by atoms with E-state index in [0.717, 1.165) is 11.3 Å². The Hall–Kier alpha value is -3.09. The van der Waals surface area contributed by atoms with Crippen molar-refractivity contribution in [3.63, 3.8) is 0 Å². The first kappa shape index (κ1) is 20.2. The summed E-state index contributed by atoms with van der Waals surface area (Å²) in [6, 6.07) is 11.7. The van der Waals surface area contributed by atoms with Crippen LogP contribution in [0.25, 0.3) is 0 Å². The van der Waals surface area contributed by atoms with Gasteiger partial charge in [0.25, 0.3) is 5.91 Å². The number of carbonyl (C=O) groups is 2. The molecule has 2 aromatic rings. The van der Waals surface area contributed by atoms with E-state index in [1.54, 1.807) is 13.2 Å². The molecule has 2 aromatic carbocycles. The molecule has 0 aliphatic carbocycles. The number of halogens is 1. The summed E-state index contributed by atoms with van der Waals surface area (Å²) in [4.78, 5) is 23.5. The summed E-state index contributed by atoms with van der Waals surface area (Å²) in [6.07, 6.45) is 0.523. The molecule has 27 heavy (non-hydrogen) atoms. The molecule has 0 aliphatic heterocycles. The summed E-state index contributed by atoms with van der Waals surface area (Å²) >= 11 is 0. The molecule has 0 saturated carbocycles. The predicted molar refractivity (Wildman–Crippen MR) is 97.3 cm³/mol. The summed E-state index contributed by atoms with van der Waals surface area (Å²) in [5.41, 5.74) is 1.49. The van der Waals surface area contributed by atoms with E-state index in [4.69, 9.17) is 14.2 Å². The van der Waals surface area contributed by atoms with Crippen LogP contribution in [0.15, 0.2) is 42.5 Å². The Bertz CT molecular complexity index is 776. The first-order valence-corrected chi connectivity index (χ1v) is 8.39. The van der Waals surface area contributed by atoms with Gasteiger partial charge in [0.1, 0.15) is 5.75 Å². The number of nitrogens with one attached hydrogen (secondary N) is 1. The lowest BCUT2D eigenvalue weighted by Gasteiger charge is -2.08. The van der Waals surface area contributed by atoms with Gasteiger partial charge < -0.3 is 19.5 Å². The number of amides is 1. The van der Waals surface area contributed by atoms with Crippen molar-refractivity contribution in [3.05, 3.63) is 59.4 Å². The Morgan fingerprint density at radius 3 is 2.33 bits per heavy atom. The number of carbonyl (C=O) groups excluding carboxylic acids is 2. The fourth-order valence-corrected chi connectivity index (χ4v) is 2.37. The molecule has 2 rings (SSSR count). The van der Waals surface area contributed by atoms with Crippen molar-refractivity contribution in [3.8, 4) is 11.5 Å². The van der Waals surface area contributed by atoms with E-state index in [1.807, 2.05) is 24.3 Å². The van der Waals surface area contributed by atoms with Gasteiger partial charge in [-0.1, -0.05) is 18.2 Å². The third kappa shape index (κ3) is 6.62. The Morgan fingerprint density at radius 2 is 1.70 bits per heavy atom. The number of ether oxygens (including phenoxy) is 3. The Kier molecular flexibility index (Phi) is 7.61. The van der Waals surface area contributed by atoms with Crippen LogP contribution in [0.2, 0.25) is 0 Å². The van der Waals surface area contributed by atoms with Crippen molar-refractivity contribution in [2.24, 2.45) is 0 Å². The molecule has 1 N–H and O–H groups in total. The number of benzene rings is 2. The predicted octanol–water partition coefficient (Wildman–Crippen LogP) is 2.29. The van der Waals surface area contributed by atoms with Crippen LogP contribution in [0.4, 0.5) is 4.39 Å². The van der Waals surface area contributed by atoms with E-state index in [9.17, 15) is 14.0 Å². The molecular formula is C20H22FNO5. The average Bonchev–Trinajstić information content (AvgIpc) is 2.67. The van der Waals surface area contributed by atoms with Gasteiger partial charge in [-0.05, 0) is 41.8 Å². The number of rotatable bonds is 9. The average molecular weight is 375 g/mol. The van der Waals surface area contributed by atoms with Gasteiger partial charge in [-0.25, -0.2) is 4.39 Å². The van der Waals surface area contributed by atoms with Crippen LogP contribution < -0.4 is 14.8 Å². The monoisotopic (exact) mass is 375 g/mol. The van der Waals surface area contributed by atoms with Gasteiger partial charge in [0.05, 0.1) is 20.6 Å². The topological polar surface area (TPSA) is 73.9 Å². The fraction of sp³-hybridized carbons (Fsp3) is 0.300. The van der Waals surface area contributed by atoms with Crippen LogP contribution in [0, 0.1) is 5.82 Å². The van der Waals surface area contributed by atoms with Crippen molar-refractivity contribution in [1.29, 1.82) is 0 Å². The van der Waals surface area contributed by atoms with E-state index in [1.165, 1.54) is 19.2 Å². The smallest absolute Gasteiger partial charge is 0.310 e. The summed E-state index contributed by atoms with van der Waals surface area (Å²) in [5, 5.41) is 2.68. The minimum Gasteiger partial charge on any atom is -0.497 e. The zero-order valence-corrected chi connectivity index (χ0v) is 15.3. The molecule has 0 bridgehead atoms. The normalized spacial score (nSPS) is 10.2. The molecule has 0 aromatic heterocycles.